The first-order valence-corrected chi connectivity index (χ1v) is 11.0. The number of alkyl halides is 2. The van der Waals surface area contributed by atoms with E-state index < -0.39 is 24.4 Å². The van der Waals surface area contributed by atoms with Gasteiger partial charge in [-0.15, -0.1) is 22.7 Å². The van der Waals surface area contributed by atoms with Crippen molar-refractivity contribution in [1.82, 2.24) is 15.6 Å². The maximum atomic E-state index is 14.1. The highest BCUT2D eigenvalue weighted by molar-refractivity contribution is 7.19. The molecule has 1 aliphatic heterocycles. The number of nitrogens with one attached hydrogen (secondary N) is 2. The average Bonchev–Trinajstić information content (AvgIpc) is 3.23. The lowest BCUT2D eigenvalue weighted by Gasteiger charge is -2.32. The minimum Gasteiger partial charge on any atom is -0.488 e. The topological polar surface area (TPSA) is 63.2 Å². The van der Waals surface area contributed by atoms with Gasteiger partial charge >= 0.3 is 0 Å². The second-order valence-corrected chi connectivity index (χ2v) is 9.29. The number of ether oxygens (including phenoxy) is 1. The first-order valence-electron chi connectivity index (χ1n) is 9.29. The van der Waals surface area contributed by atoms with Crippen LogP contribution in [0.4, 0.5) is 8.78 Å². The summed E-state index contributed by atoms with van der Waals surface area (Å²) in [5, 5.41) is 5.95. The van der Waals surface area contributed by atoms with Crippen LogP contribution in [-0.4, -0.2) is 35.9 Å². The molecule has 5 nitrogen and oxygen atoms in total. The number of hydrogen-bond donors (Lipinski definition) is 2. The van der Waals surface area contributed by atoms with Crippen LogP contribution in [0.5, 0.6) is 5.75 Å². The maximum Gasteiger partial charge on any atom is 0.280 e. The van der Waals surface area contributed by atoms with Gasteiger partial charge in [0.1, 0.15) is 12.4 Å². The minimum atomic E-state index is -2.96. The molecule has 1 aromatic carbocycles. The highest BCUT2D eigenvalue weighted by Gasteiger charge is 2.42. The predicted molar refractivity (Wildman–Crippen MR) is 111 cm³/mol. The number of fused-ring (bicyclic) bond motifs is 1. The number of nitrogens with zero attached hydrogens (tertiary/aromatic N) is 1. The third-order valence-electron chi connectivity index (χ3n) is 5.06. The fourth-order valence-corrected chi connectivity index (χ4v) is 5.16. The van der Waals surface area contributed by atoms with Crippen molar-refractivity contribution in [3.63, 3.8) is 0 Å². The third-order valence-corrected chi connectivity index (χ3v) is 7.06. The first-order chi connectivity index (χ1) is 13.8. The number of carbonyl (C=O) groups is 1. The number of thiophene rings is 1. The van der Waals surface area contributed by atoms with Crippen LogP contribution < -0.4 is 15.4 Å². The number of piperidine rings is 1. The molecule has 29 heavy (non-hydrogen) atoms. The zero-order valence-corrected chi connectivity index (χ0v) is 17.7. The Labute approximate surface area is 175 Å². The molecule has 0 saturated carbocycles. The van der Waals surface area contributed by atoms with Gasteiger partial charge in [-0.3, -0.25) is 4.79 Å². The molecular weight excluding hydrogens is 416 g/mol. The van der Waals surface area contributed by atoms with Gasteiger partial charge in [-0.2, -0.15) is 0 Å². The van der Waals surface area contributed by atoms with Gasteiger partial charge in [0.2, 0.25) is 0 Å². The van der Waals surface area contributed by atoms with E-state index in [4.69, 9.17) is 4.74 Å². The lowest BCUT2D eigenvalue weighted by atomic mass is 10.0. The van der Waals surface area contributed by atoms with E-state index in [0.717, 1.165) is 25.5 Å². The number of halogens is 2. The van der Waals surface area contributed by atoms with Crippen molar-refractivity contribution in [3.8, 4) is 5.75 Å². The second kappa shape index (κ2) is 7.97. The second-order valence-electron chi connectivity index (χ2n) is 7.09. The minimum absolute atomic E-state index is 0.197. The summed E-state index contributed by atoms with van der Waals surface area (Å²) in [5.74, 6) is -2.80. The van der Waals surface area contributed by atoms with E-state index in [0.29, 0.717) is 24.5 Å². The third kappa shape index (κ3) is 4.12. The monoisotopic (exact) mass is 437 g/mol. The van der Waals surface area contributed by atoms with Crippen molar-refractivity contribution in [2.75, 3.05) is 13.1 Å². The van der Waals surface area contributed by atoms with Gasteiger partial charge < -0.3 is 15.4 Å². The highest BCUT2D eigenvalue weighted by Crippen LogP contribution is 2.34. The predicted octanol–water partition coefficient (Wildman–Crippen LogP) is 4.28. The lowest BCUT2D eigenvalue weighted by Crippen LogP contribution is -2.57. The van der Waals surface area contributed by atoms with E-state index in [1.165, 1.54) is 22.7 Å². The molecule has 0 aliphatic carbocycles. The van der Waals surface area contributed by atoms with Crippen LogP contribution in [0.3, 0.4) is 0 Å². The smallest absolute Gasteiger partial charge is 0.280 e. The standard InChI is InChI=1S/C20H21F2N3O2S2/c1-11-16(28-10-24-11)8-27-13-3-4-15-14(7-13)18(12(2)29-15)19(26)25-17-5-6-23-9-20(17,21)22/h3-4,7,10,17,23H,5-6,8-9H2,1-2H3,(H,25,26). The van der Waals surface area contributed by atoms with Crippen molar-refractivity contribution < 1.29 is 18.3 Å². The molecule has 1 atom stereocenters. The van der Waals surface area contributed by atoms with E-state index >= 15 is 0 Å². The summed E-state index contributed by atoms with van der Waals surface area (Å²) in [6, 6.07) is 4.40. The Morgan fingerprint density at radius 3 is 2.97 bits per heavy atom. The van der Waals surface area contributed by atoms with E-state index in [2.05, 4.69) is 15.6 Å². The van der Waals surface area contributed by atoms with Crippen molar-refractivity contribution >= 4 is 38.7 Å². The van der Waals surface area contributed by atoms with Gasteiger partial charge in [-0.05, 0) is 45.0 Å². The largest absolute Gasteiger partial charge is 0.488 e. The number of benzene rings is 1. The molecule has 2 aromatic heterocycles. The Kier molecular flexibility index (Phi) is 5.54. The summed E-state index contributed by atoms with van der Waals surface area (Å²) in [6.45, 7) is 4.20. The highest BCUT2D eigenvalue weighted by atomic mass is 32.1. The van der Waals surface area contributed by atoms with E-state index in [-0.39, 0.29) is 6.42 Å². The van der Waals surface area contributed by atoms with Crippen LogP contribution in [0, 0.1) is 13.8 Å². The van der Waals surface area contributed by atoms with Gasteiger partial charge in [0, 0.05) is 15.0 Å². The van der Waals surface area contributed by atoms with Crippen molar-refractivity contribution in [1.29, 1.82) is 0 Å². The molecule has 4 rings (SSSR count). The average molecular weight is 438 g/mol. The molecular formula is C20H21F2N3O2S2. The SMILES string of the molecule is Cc1ncsc1COc1ccc2sc(C)c(C(=O)NC3CCNCC3(F)F)c2c1. The normalized spacial score (nSPS) is 18.7. The number of rotatable bonds is 5. The molecule has 2 N–H and O–H groups in total. The van der Waals surface area contributed by atoms with Crippen LogP contribution in [0.25, 0.3) is 10.1 Å². The summed E-state index contributed by atoms with van der Waals surface area (Å²) in [5.41, 5.74) is 3.16. The number of carbonyl (C=O) groups excluding carboxylic acids is 1. The number of aromatic nitrogens is 1. The fraction of sp³-hybridized carbons (Fsp3) is 0.400. The van der Waals surface area contributed by atoms with Gasteiger partial charge in [0.25, 0.3) is 11.8 Å². The Balaban J connectivity index is 1.57. The number of amides is 1. The summed E-state index contributed by atoms with van der Waals surface area (Å²) in [6.07, 6.45) is 0.197. The molecule has 0 bridgehead atoms. The zero-order valence-electron chi connectivity index (χ0n) is 16.1. The Bertz CT molecular complexity index is 1050. The Morgan fingerprint density at radius 1 is 1.41 bits per heavy atom. The molecule has 1 amide bonds. The molecule has 154 valence electrons. The zero-order chi connectivity index (χ0) is 20.6. The number of hydrogen-bond acceptors (Lipinski definition) is 6. The summed E-state index contributed by atoms with van der Waals surface area (Å²) < 4.78 is 35.0. The van der Waals surface area contributed by atoms with Crippen LogP contribution >= 0.6 is 22.7 Å². The van der Waals surface area contributed by atoms with E-state index in [1.54, 1.807) is 5.51 Å². The summed E-state index contributed by atoms with van der Waals surface area (Å²) in [7, 11) is 0. The number of thiazole rings is 1. The molecule has 3 aromatic rings. The van der Waals surface area contributed by atoms with Crippen molar-refractivity contribution in [2.45, 2.75) is 38.8 Å². The van der Waals surface area contributed by atoms with Gasteiger partial charge in [-0.25, -0.2) is 13.8 Å². The molecule has 1 saturated heterocycles. The quantitative estimate of drug-likeness (QED) is 0.625. The molecule has 0 spiro atoms. The molecule has 9 heteroatoms. The van der Waals surface area contributed by atoms with Crippen molar-refractivity contribution in [3.05, 3.63) is 44.7 Å². The number of aryl methyl sites for hydroxylation is 2. The molecule has 1 unspecified atom stereocenters. The van der Waals surface area contributed by atoms with Crippen LogP contribution in [-0.2, 0) is 6.61 Å². The Hall–Kier alpha value is -2.10. The van der Waals surface area contributed by atoms with Crippen LogP contribution in [0.2, 0.25) is 0 Å². The van der Waals surface area contributed by atoms with Crippen LogP contribution in [0.1, 0.15) is 32.2 Å². The molecule has 1 fully saturated rings. The molecule has 0 radical (unpaired) electrons. The molecule has 1 aliphatic rings. The van der Waals surface area contributed by atoms with Gasteiger partial charge in [0.15, 0.2) is 0 Å². The van der Waals surface area contributed by atoms with E-state index in [9.17, 15) is 13.6 Å². The van der Waals surface area contributed by atoms with E-state index in [1.807, 2.05) is 32.0 Å². The van der Waals surface area contributed by atoms with Gasteiger partial charge in [-0.1, -0.05) is 0 Å². The summed E-state index contributed by atoms with van der Waals surface area (Å²) >= 11 is 3.00. The van der Waals surface area contributed by atoms with Gasteiger partial charge in [0.05, 0.1) is 34.2 Å². The fourth-order valence-electron chi connectivity index (χ4n) is 3.43. The van der Waals surface area contributed by atoms with Crippen LogP contribution in [0.15, 0.2) is 23.7 Å². The maximum absolute atomic E-state index is 14.1. The van der Waals surface area contributed by atoms with Crippen molar-refractivity contribution in [2.24, 2.45) is 0 Å². The molecule has 3 heterocycles. The summed E-state index contributed by atoms with van der Waals surface area (Å²) in [4.78, 5) is 18.9. The first kappa shape index (κ1) is 20.2. The Morgan fingerprint density at radius 2 is 2.24 bits per heavy atom. The lowest BCUT2D eigenvalue weighted by molar-refractivity contribution is -0.0487.